The molecule has 0 unspecified atom stereocenters. The van der Waals surface area contributed by atoms with Gasteiger partial charge in [0, 0.05) is 16.8 Å². The molecule has 3 rings (SSSR count). The van der Waals surface area contributed by atoms with E-state index in [1.165, 1.54) is 12.1 Å². The Balaban J connectivity index is 2.25. The minimum absolute atomic E-state index is 0.313. The van der Waals surface area contributed by atoms with E-state index in [9.17, 15) is 4.39 Å². The molecule has 2 aromatic carbocycles. The quantitative estimate of drug-likeness (QED) is 0.673. The van der Waals surface area contributed by atoms with Gasteiger partial charge in [-0.05, 0) is 43.7 Å². The molecule has 0 atom stereocenters. The van der Waals surface area contributed by atoms with E-state index in [1.54, 1.807) is 12.1 Å². The van der Waals surface area contributed by atoms with Gasteiger partial charge in [0.25, 0.3) is 0 Å². The molecule has 0 saturated heterocycles. The van der Waals surface area contributed by atoms with Gasteiger partial charge >= 0.3 is 0 Å². The molecule has 96 valence electrons. The molecule has 0 radical (unpaired) electrons. The van der Waals surface area contributed by atoms with Gasteiger partial charge in [-0.25, -0.2) is 9.37 Å². The summed E-state index contributed by atoms with van der Waals surface area (Å²) in [6.45, 7) is 3.83. The second-order valence-corrected chi connectivity index (χ2v) is 4.61. The lowest BCUT2D eigenvalue weighted by Crippen LogP contribution is -1.93. The van der Waals surface area contributed by atoms with E-state index in [0.29, 0.717) is 22.7 Å². The van der Waals surface area contributed by atoms with Gasteiger partial charge in [-0.1, -0.05) is 6.07 Å². The lowest BCUT2D eigenvalue weighted by atomic mass is 10.1. The van der Waals surface area contributed by atoms with Crippen LogP contribution >= 0.6 is 0 Å². The number of rotatable bonds is 1. The highest BCUT2D eigenvalue weighted by molar-refractivity contribution is 5.85. The zero-order chi connectivity index (χ0) is 13.6. The van der Waals surface area contributed by atoms with Crippen molar-refractivity contribution in [3.05, 3.63) is 47.3 Å². The van der Waals surface area contributed by atoms with E-state index in [4.69, 9.17) is 10.2 Å². The Morgan fingerprint density at radius 2 is 2.00 bits per heavy atom. The van der Waals surface area contributed by atoms with Gasteiger partial charge in [-0.2, -0.15) is 0 Å². The molecule has 2 N–H and O–H groups in total. The number of anilines is 1. The monoisotopic (exact) mass is 256 g/mol. The first-order chi connectivity index (χ1) is 9.06. The molecule has 0 aliphatic heterocycles. The minimum atomic E-state index is -0.313. The second-order valence-electron chi connectivity index (χ2n) is 4.61. The van der Waals surface area contributed by atoms with Crippen LogP contribution in [0.4, 0.5) is 10.1 Å². The summed E-state index contributed by atoms with van der Waals surface area (Å²) in [5, 5.41) is 0. The van der Waals surface area contributed by atoms with E-state index >= 15 is 0 Å². The number of nitrogens with two attached hydrogens (primary N) is 1. The number of hydrogen-bond acceptors (Lipinski definition) is 3. The molecule has 4 heteroatoms. The molecule has 0 aliphatic rings. The van der Waals surface area contributed by atoms with Gasteiger partial charge < -0.3 is 10.2 Å². The SMILES string of the molecule is Cc1cc2oc(-c3cccc(F)c3)nc2c(C)c1N. The van der Waals surface area contributed by atoms with Gasteiger partial charge in [0.1, 0.15) is 11.3 Å². The Morgan fingerprint density at radius 1 is 1.21 bits per heavy atom. The average molecular weight is 256 g/mol. The van der Waals surface area contributed by atoms with Crippen LogP contribution in [0, 0.1) is 19.7 Å². The summed E-state index contributed by atoms with van der Waals surface area (Å²) in [4.78, 5) is 4.41. The first-order valence-corrected chi connectivity index (χ1v) is 5.98. The van der Waals surface area contributed by atoms with E-state index in [1.807, 2.05) is 19.9 Å². The van der Waals surface area contributed by atoms with Crippen LogP contribution in [0.1, 0.15) is 11.1 Å². The van der Waals surface area contributed by atoms with Crippen molar-refractivity contribution < 1.29 is 8.81 Å². The maximum absolute atomic E-state index is 13.2. The van der Waals surface area contributed by atoms with Crippen LogP contribution in [0.25, 0.3) is 22.6 Å². The third-order valence-electron chi connectivity index (χ3n) is 3.26. The number of oxazole rings is 1. The van der Waals surface area contributed by atoms with Gasteiger partial charge in [-0.3, -0.25) is 0 Å². The second kappa shape index (κ2) is 4.09. The van der Waals surface area contributed by atoms with Crippen molar-refractivity contribution in [2.75, 3.05) is 5.73 Å². The molecule has 0 aliphatic carbocycles. The molecule has 1 heterocycles. The van der Waals surface area contributed by atoms with Crippen LogP contribution in [0.5, 0.6) is 0 Å². The zero-order valence-corrected chi connectivity index (χ0v) is 10.7. The highest BCUT2D eigenvalue weighted by atomic mass is 19.1. The summed E-state index contributed by atoms with van der Waals surface area (Å²) >= 11 is 0. The van der Waals surface area contributed by atoms with E-state index < -0.39 is 0 Å². The van der Waals surface area contributed by atoms with Gasteiger partial charge in [0.2, 0.25) is 5.89 Å². The average Bonchev–Trinajstić information content (AvgIpc) is 2.80. The lowest BCUT2D eigenvalue weighted by Gasteiger charge is -2.02. The molecular formula is C15H13FN2O. The third-order valence-corrected chi connectivity index (χ3v) is 3.26. The fourth-order valence-electron chi connectivity index (χ4n) is 2.14. The van der Waals surface area contributed by atoms with Gasteiger partial charge in [0.05, 0.1) is 0 Å². The Bertz CT molecular complexity index is 777. The first kappa shape index (κ1) is 11.7. The van der Waals surface area contributed by atoms with Crippen LogP contribution in [0.2, 0.25) is 0 Å². The number of fused-ring (bicyclic) bond motifs is 1. The van der Waals surface area contributed by atoms with Crippen LogP contribution in [-0.2, 0) is 0 Å². The highest BCUT2D eigenvalue weighted by Crippen LogP contribution is 2.30. The molecule has 0 amide bonds. The Kier molecular flexibility index (Phi) is 2.52. The number of benzene rings is 2. The normalized spacial score (nSPS) is 11.1. The summed E-state index contributed by atoms with van der Waals surface area (Å²) in [6, 6.07) is 8.04. The maximum Gasteiger partial charge on any atom is 0.227 e. The number of aromatic nitrogens is 1. The third kappa shape index (κ3) is 1.85. The molecular weight excluding hydrogens is 243 g/mol. The minimum Gasteiger partial charge on any atom is -0.436 e. The number of nitrogens with zero attached hydrogens (tertiary/aromatic N) is 1. The molecule has 1 aromatic heterocycles. The number of hydrogen-bond donors (Lipinski definition) is 1. The van der Waals surface area contributed by atoms with Crippen LogP contribution in [-0.4, -0.2) is 4.98 Å². The van der Waals surface area contributed by atoms with Crippen LogP contribution in [0.15, 0.2) is 34.7 Å². The van der Waals surface area contributed by atoms with E-state index in [-0.39, 0.29) is 5.82 Å². The molecule has 0 spiro atoms. The summed E-state index contributed by atoms with van der Waals surface area (Å²) in [7, 11) is 0. The van der Waals surface area contributed by atoms with E-state index in [2.05, 4.69) is 4.98 Å². The standard InChI is InChI=1S/C15H13FN2O/c1-8-6-12-14(9(2)13(8)17)18-15(19-12)10-4-3-5-11(16)7-10/h3-7H,17H2,1-2H3. The van der Waals surface area contributed by atoms with Crippen molar-refractivity contribution in [1.82, 2.24) is 4.98 Å². The van der Waals surface area contributed by atoms with Crippen molar-refractivity contribution in [3.63, 3.8) is 0 Å². The Morgan fingerprint density at radius 3 is 2.74 bits per heavy atom. The topological polar surface area (TPSA) is 52.0 Å². The van der Waals surface area contributed by atoms with Crippen molar-refractivity contribution >= 4 is 16.8 Å². The highest BCUT2D eigenvalue weighted by Gasteiger charge is 2.13. The summed E-state index contributed by atoms with van der Waals surface area (Å²) in [6.07, 6.45) is 0. The van der Waals surface area contributed by atoms with Crippen LogP contribution in [0.3, 0.4) is 0 Å². The van der Waals surface area contributed by atoms with Crippen molar-refractivity contribution in [3.8, 4) is 11.5 Å². The molecule has 3 aromatic rings. The number of nitrogen functional groups attached to an aromatic ring is 1. The Hall–Kier alpha value is -2.36. The summed E-state index contributed by atoms with van der Waals surface area (Å²) in [5.74, 6) is 0.0924. The number of aryl methyl sites for hydroxylation is 2. The predicted octanol–water partition coefficient (Wildman–Crippen LogP) is 3.83. The van der Waals surface area contributed by atoms with Crippen molar-refractivity contribution in [2.24, 2.45) is 0 Å². The zero-order valence-electron chi connectivity index (χ0n) is 10.7. The van der Waals surface area contributed by atoms with Gasteiger partial charge in [-0.15, -0.1) is 0 Å². The largest absolute Gasteiger partial charge is 0.436 e. The smallest absolute Gasteiger partial charge is 0.227 e. The molecule has 0 saturated carbocycles. The van der Waals surface area contributed by atoms with E-state index in [0.717, 1.165) is 16.6 Å². The Labute approximate surface area is 109 Å². The summed E-state index contributed by atoms with van der Waals surface area (Å²) < 4.78 is 18.9. The van der Waals surface area contributed by atoms with Crippen molar-refractivity contribution in [1.29, 1.82) is 0 Å². The molecule has 0 fully saturated rings. The maximum atomic E-state index is 13.2. The van der Waals surface area contributed by atoms with Gasteiger partial charge in [0.15, 0.2) is 5.58 Å². The molecule has 19 heavy (non-hydrogen) atoms. The lowest BCUT2D eigenvalue weighted by molar-refractivity contribution is 0.611. The van der Waals surface area contributed by atoms with Crippen LogP contribution < -0.4 is 5.73 Å². The fraction of sp³-hybridized carbons (Fsp3) is 0.133. The fourth-order valence-corrected chi connectivity index (χ4v) is 2.14. The summed E-state index contributed by atoms with van der Waals surface area (Å²) in [5.41, 5.74) is 10.5. The predicted molar refractivity (Wildman–Crippen MR) is 73.3 cm³/mol. The molecule has 3 nitrogen and oxygen atoms in total. The number of halogens is 1. The van der Waals surface area contributed by atoms with Crippen molar-refractivity contribution in [2.45, 2.75) is 13.8 Å². The first-order valence-electron chi connectivity index (χ1n) is 5.98. The molecule has 0 bridgehead atoms.